The van der Waals surface area contributed by atoms with Crippen molar-refractivity contribution in [2.45, 2.75) is 63.5 Å². The molecule has 2 rings (SSSR count). The number of aliphatic hydroxyl groups is 1. The molecule has 0 spiro atoms. The molecule has 2 aliphatic rings. The van der Waals surface area contributed by atoms with Crippen LogP contribution < -0.4 is 0 Å². The number of likely N-dealkylation sites (tertiary alicyclic amines) is 1. The van der Waals surface area contributed by atoms with Gasteiger partial charge in [0.05, 0.1) is 18.6 Å². The van der Waals surface area contributed by atoms with E-state index >= 15 is 0 Å². The second-order valence-corrected chi connectivity index (χ2v) is 6.73. The van der Waals surface area contributed by atoms with Crippen LogP contribution in [0.25, 0.3) is 0 Å². The van der Waals surface area contributed by atoms with E-state index in [1.165, 1.54) is 12.8 Å². The Morgan fingerprint density at radius 2 is 2.09 bits per heavy atom. The Morgan fingerprint density at radius 1 is 1.32 bits per heavy atom. The summed E-state index contributed by atoms with van der Waals surface area (Å²) in [5, 5.41) is 18.9. The minimum absolute atomic E-state index is 0.116. The van der Waals surface area contributed by atoms with Crippen molar-refractivity contribution in [2.75, 3.05) is 26.7 Å². The van der Waals surface area contributed by atoms with Gasteiger partial charge in [-0.05, 0) is 32.2 Å². The minimum Gasteiger partial charge on any atom is -0.393 e. The zero-order chi connectivity index (χ0) is 15.9. The quantitative estimate of drug-likeness (QED) is 0.812. The van der Waals surface area contributed by atoms with E-state index < -0.39 is 0 Å². The fraction of sp³-hybridized carbons (Fsp3) is 0.882. The summed E-state index contributed by atoms with van der Waals surface area (Å²) in [4.78, 5) is 16.2. The zero-order valence-electron chi connectivity index (χ0n) is 13.7. The summed E-state index contributed by atoms with van der Waals surface area (Å²) < 4.78 is 0. The lowest BCUT2D eigenvalue weighted by Crippen LogP contribution is -2.43. The van der Waals surface area contributed by atoms with E-state index in [0.717, 1.165) is 38.8 Å². The lowest BCUT2D eigenvalue weighted by atomic mass is 9.80. The van der Waals surface area contributed by atoms with Crippen LogP contribution in [0.15, 0.2) is 0 Å². The van der Waals surface area contributed by atoms with E-state index in [4.69, 9.17) is 5.26 Å². The number of rotatable bonds is 6. The highest BCUT2D eigenvalue weighted by molar-refractivity contribution is 5.76. The number of aliphatic hydroxyl groups excluding tert-OH is 1. The van der Waals surface area contributed by atoms with Crippen molar-refractivity contribution in [3.05, 3.63) is 0 Å². The van der Waals surface area contributed by atoms with Crippen LogP contribution >= 0.6 is 0 Å². The molecule has 1 aliphatic heterocycles. The van der Waals surface area contributed by atoms with E-state index in [1.807, 2.05) is 0 Å². The third kappa shape index (κ3) is 4.44. The summed E-state index contributed by atoms with van der Waals surface area (Å²) in [6, 6.07) is 2.52. The fourth-order valence-corrected chi connectivity index (χ4v) is 3.98. The smallest absolute Gasteiger partial charge is 0.223 e. The first-order valence-electron chi connectivity index (χ1n) is 8.66. The van der Waals surface area contributed by atoms with Gasteiger partial charge in [0.2, 0.25) is 5.91 Å². The SMILES string of the molecule is CN(CCC#N)C(=O)CCN1CCCC1C1CCCCC1O. The van der Waals surface area contributed by atoms with Crippen molar-refractivity contribution in [2.24, 2.45) is 5.92 Å². The van der Waals surface area contributed by atoms with Crippen LogP contribution in [0.3, 0.4) is 0 Å². The molecule has 1 saturated heterocycles. The molecule has 3 atom stereocenters. The monoisotopic (exact) mass is 307 g/mol. The number of nitriles is 1. The van der Waals surface area contributed by atoms with E-state index in [2.05, 4.69) is 11.0 Å². The Hall–Kier alpha value is -1.12. The molecule has 22 heavy (non-hydrogen) atoms. The van der Waals surface area contributed by atoms with Gasteiger partial charge < -0.3 is 10.0 Å². The highest BCUT2D eigenvalue weighted by atomic mass is 16.3. The van der Waals surface area contributed by atoms with Gasteiger partial charge in [-0.1, -0.05) is 12.8 Å². The highest BCUT2D eigenvalue weighted by Gasteiger charge is 2.36. The predicted octanol–water partition coefficient (Wildman–Crippen LogP) is 1.76. The molecule has 0 radical (unpaired) electrons. The molecular weight excluding hydrogens is 278 g/mol. The summed E-state index contributed by atoms with van der Waals surface area (Å²) in [5.41, 5.74) is 0. The molecule has 5 nitrogen and oxygen atoms in total. The molecule has 2 fully saturated rings. The molecule has 0 aromatic rings. The van der Waals surface area contributed by atoms with Gasteiger partial charge in [0, 0.05) is 38.5 Å². The maximum absolute atomic E-state index is 12.1. The van der Waals surface area contributed by atoms with Gasteiger partial charge in [-0.3, -0.25) is 9.69 Å². The molecule has 5 heteroatoms. The number of amides is 1. The van der Waals surface area contributed by atoms with Gasteiger partial charge in [-0.2, -0.15) is 5.26 Å². The number of nitrogens with zero attached hydrogens (tertiary/aromatic N) is 3. The Morgan fingerprint density at radius 3 is 2.82 bits per heavy atom. The molecular formula is C17H29N3O2. The Bertz CT molecular complexity index is 407. The highest BCUT2D eigenvalue weighted by Crippen LogP contribution is 2.34. The lowest BCUT2D eigenvalue weighted by molar-refractivity contribution is -0.130. The first-order chi connectivity index (χ1) is 10.6. The van der Waals surface area contributed by atoms with Crippen molar-refractivity contribution in [3.63, 3.8) is 0 Å². The van der Waals surface area contributed by atoms with E-state index in [1.54, 1.807) is 11.9 Å². The third-order valence-corrected chi connectivity index (χ3v) is 5.29. The molecule has 0 bridgehead atoms. The van der Waals surface area contributed by atoms with E-state index in [-0.39, 0.29) is 12.0 Å². The molecule has 1 N–H and O–H groups in total. The topological polar surface area (TPSA) is 67.6 Å². The van der Waals surface area contributed by atoms with Crippen LogP contribution in [0, 0.1) is 17.2 Å². The predicted molar refractivity (Wildman–Crippen MR) is 85.0 cm³/mol. The van der Waals surface area contributed by atoms with Crippen LogP contribution in [0.2, 0.25) is 0 Å². The average Bonchev–Trinajstić information content (AvgIpc) is 2.99. The molecule has 1 saturated carbocycles. The molecule has 0 aromatic heterocycles. The number of carbonyl (C=O) groups is 1. The van der Waals surface area contributed by atoms with Crippen LogP contribution in [0.5, 0.6) is 0 Å². The van der Waals surface area contributed by atoms with Crippen LogP contribution in [0.4, 0.5) is 0 Å². The van der Waals surface area contributed by atoms with Gasteiger partial charge in [0.1, 0.15) is 0 Å². The average molecular weight is 307 g/mol. The maximum atomic E-state index is 12.1. The second kappa shape index (κ2) is 8.50. The van der Waals surface area contributed by atoms with Crippen LogP contribution in [0.1, 0.15) is 51.4 Å². The minimum atomic E-state index is -0.159. The standard InChI is InChI=1S/C17H29N3O2/c1-19(11-5-10-18)17(22)9-13-20-12-4-7-15(20)14-6-2-3-8-16(14)21/h14-16,21H,2-9,11-13H2,1H3. The number of hydrogen-bond donors (Lipinski definition) is 1. The molecule has 1 aliphatic carbocycles. The normalized spacial score (nSPS) is 29.2. The van der Waals surface area contributed by atoms with Crippen molar-refractivity contribution in [1.82, 2.24) is 9.80 Å². The molecule has 3 unspecified atom stereocenters. The summed E-state index contributed by atoms with van der Waals surface area (Å²) >= 11 is 0. The van der Waals surface area contributed by atoms with Gasteiger partial charge in [0.25, 0.3) is 0 Å². The van der Waals surface area contributed by atoms with E-state index in [0.29, 0.717) is 31.3 Å². The van der Waals surface area contributed by atoms with Crippen molar-refractivity contribution in [1.29, 1.82) is 5.26 Å². The summed E-state index contributed by atoms with van der Waals surface area (Å²) in [7, 11) is 1.77. The van der Waals surface area contributed by atoms with Gasteiger partial charge in [-0.25, -0.2) is 0 Å². The Labute approximate surface area is 133 Å². The Kier molecular flexibility index (Phi) is 6.66. The van der Waals surface area contributed by atoms with Crippen molar-refractivity contribution < 1.29 is 9.90 Å². The van der Waals surface area contributed by atoms with Crippen molar-refractivity contribution in [3.8, 4) is 6.07 Å². The van der Waals surface area contributed by atoms with Crippen LogP contribution in [-0.4, -0.2) is 59.6 Å². The number of carbonyl (C=O) groups excluding carboxylic acids is 1. The molecule has 1 heterocycles. The third-order valence-electron chi connectivity index (χ3n) is 5.29. The van der Waals surface area contributed by atoms with Crippen LogP contribution in [-0.2, 0) is 4.79 Å². The molecule has 0 aromatic carbocycles. The molecule has 124 valence electrons. The van der Waals surface area contributed by atoms with Gasteiger partial charge >= 0.3 is 0 Å². The van der Waals surface area contributed by atoms with E-state index in [9.17, 15) is 9.90 Å². The first-order valence-corrected chi connectivity index (χ1v) is 8.66. The maximum Gasteiger partial charge on any atom is 0.223 e. The lowest BCUT2D eigenvalue weighted by Gasteiger charge is -2.37. The zero-order valence-corrected chi connectivity index (χ0v) is 13.7. The largest absolute Gasteiger partial charge is 0.393 e. The fourth-order valence-electron chi connectivity index (χ4n) is 3.98. The summed E-state index contributed by atoms with van der Waals surface area (Å²) in [6.45, 7) is 2.34. The number of hydrogen-bond acceptors (Lipinski definition) is 4. The summed E-state index contributed by atoms with van der Waals surface area (Å²) in [5.74, 6) is 0.507. The first kappa shape index (κ1) is 17.2. The molecule has 1 amide bonds. The van der Waals surface area contributed by atoms with Gasteiger partial charge in [0.15, 0.2) is 0 Å². The second-order valence-electron chi connectivity index (χ2n) is 6.73. The Balaban J connectivity index is 1.81. The van der Waals surface area contributed by atoms with Crippen molar-refractivity contribution >= 4 is 5.91 Å². The van der Waals surface area contributed by atoms with Gasteiger partial charge in [-0.15, -0.1) is 0 Å². The summed E-state index contributed by atoms with van der Waals surface area (Å²) in [6.07, 6.45) is 7.50.